The Labute approximate surface area is 92.7 Å². The predicted octanol–water partition coefficient (Wildman–Crippen LogP) is 3.62. The van der Waals surface area contributed by atoms with Gasteiger partial charge in [-0.3, -0.25) is 0 Å². The van der Waals surface area contributed by atoms with Crippen molar-refractivity contribution in [1.29, 1.82) is 0 Å². The van der Waals surface area contributed by atoms with Crippen molar-refractivity contribution in [2.45, 2.75) is 32.6 Å². The maximum absolute atomic E-state index is 3.16. The Morgan fingerprint density at radius 3 is 2.40 bits per heavy atom. The molecule has 0 spiro atoms. The average molecular weight is 196 g/mol. The molecule has 0 aromatic heterocycles. The minimum Gasteiger partial charge on any atom is -0.104 e. The number of unbranched alkanes of at least 4 members (excludes halogenated alkanes) is 2. The summed E-state index contributed by atoms with van der Waals surface area (Å²) in [5.41, 5.74) is 1.09. The second-order valence-electron chi connectivity index (χ2n) is 3.23. The first-order chi connectivity index (χ1) is 7.43. The Morgan fingerprint density at radius 2 is 1.67 bits per heavy atom. The van der Waals surface area contributed by atoms with E-state index in [1.807, 2.05) is 30.3 Å². The van der Waals surface area contributed by atoms with Crippen LogP contribution >= 0.6 is 0 Å². The van der Waals surface area contributed by atoms with Gasteiger partial charge in [0.05, 0.1) is 0 Å². The summed E-state index contributed by atoms with van der Waals surface area (Å²) in [5.74, 6) is 12.5. The van der Waals surface area contributed by atoms with Crippen molar-refractivity contribution in [2.24, 2.45) is 0 Å². The molecule has 0 N–H and O–H groups in total. The van der Waals surface area contributed by atoms with Crippen LogP contribution in [0.5, 0.6) is 0 Å². The third-order valence-corrected chi connectivity index (χ3v) is 1.91. The molecule has 0 aliphatic rings. The van der Waals surface area contributed by atoms with Crippen molar-refractivity contribution in [1.82, 2.24) is 0 Å². The second kappa shape index (κ2) is 7.72. The van der Waals surface area contributed by atoms with Crippen LogP contribution in [0.25, 0.3) is 0 Å². The summed E-state index contributed by atoms with van der Waals surface area (Å²) < 4.78 is 0. The lowest BCUT2D eigenvalue weighted by Gasteiger charge is -1.87. The van der Waals surface area contributed by atoms with Crippen molar-refractivity contribution in [3.05, 3.63) is 35.9 Å². The molecule has 0 heteroatoms. The van der Waals surface area contributed by atoms with Gasteiger partial charge < -0.3 is 0 Å². The van der Waals surface area contributed by atoms with E-state index in [0.717, 1.165) is 31.2 Å². The Kier molecular flexibility index (Phi) is 5.87. The highest BCUT2D eigenvalue weighted by atomic mass is 13.9. The van der Waals surface area contributed by atoms with Crippen LogP contribution in [0.2, 0.25) is 0 Å². The molecule has 0 unspecified atom stereocenters. The normalized spacial score (nSPS) is 8.33. The van der Waals surface area contributed by atoms with Gasteiger partial charge in [-0.25, -0.2) is 0 Å². The molecule has 0 heterocycles. The first kappa shape index (κ1) is 11.4. The number of hydrogen-bond donors (Lipinski definition) is 0. The summed E-state index contributed by atoms with van der Waals surface area (Å²) in [6.07, 6.45) is 3.94. The molecule has 0 aliphatic heterocycles. The first-order valence-corrected chi connectivity index (χ1v) is 5.43. The standard InChI is InChI=1S/C15H16/c1-2-3-4-5-6-7-9-12-15-13-10-8-11-14-15/h8,10-11,13-14H,2,5-7H2,1H3. The van der Waals surface area contributed by atoms with E-state index in [9.17, 15) is 0 Å². The highest BCUT2D eigenvalue weighted by molar-refractivity contribution is 5.33. The van der Waals surface area contributed by atoms with Gasteiger partial charge >= 0.3 is 0 Å². The Bertz CT molecular complexity index is 379. The van der Waals surface area contributed by atoms with Crippen molar-refractivity contribution >= 4 is 0 Å². The van der Waals surface area contributed by atoms with Crippen LogP contribution < -0.4 is 0 Å². The summed E-state index contributed by atoms with van der Waals surface area (Å²) in [6, 6.07) is 10.1. The van der Waals surface area contributed by atoms with E-state index in [-0.39, 0.29) is 0 Å². The lowest BCUT2D eigenvalue weighted by Crippen LogP contribution is -1.73. The van der Waals surface area contributed by atoms with Crippen LogP contribution in [0, 0.1) is 23.7 Å². The molecule has 0 radical (unpaired) electrons. The molecule has 0 aliphatic carbocycles. The predicted molar refractivity (Wildman–Crippen MR) is 65.2 cm³/mol. The van der Waals surface area contributed by atoms with Crippen LogP contribution in [0.15, 0.2) is 30.3 Å². The van der Waals surface area contributed by atoms with Crippen LogP contribution in [0.1, 0.15) is 38.2 Å². The van der Waals surface area contributed by atoms with Gasteiger partial charge in [0.2, 0.25) is 0 Å². The largest absolute Gasteiger partial charge is 0.104 e. The molecule has 0 saturated heterocycles. The molecule has 0 bridgehead atoms. The maximum atomic E-state index is 3.16. The molecule has 0 amide bonds. The summed E-state index contributed by atoms with van der Waals surface area (Å²) >= 11 is 0. The van der Waals surface area contributed by atoms with Crippen LogP contribution in [0.3, 0.4) is 0 Å². The van der Waals surface area contributed by atoms with Gasteiger partial charge in [0.1, 0.15) is 0 Å². The van der Waals surface area contributed by atoms with E-state index in [1.54, 1.807) is 0 Å². The highest BCUT2D eigenvalue weighted by Crippen LogP contribution is 1.97. The third kappa shape index (κ3) is 5.61. The van der Waals surface area contributed by atoms with Crippen LogP contribution in [0.4, 0.5) is 0 Å². The molecular weight excluding hydrogens is 180 g/mol. The van der Waals surface area contributed by atoms with Gasteiger partial charge in [-0.05, 0) is 18.6 Å². The first-order valence-electron chi connectivity index (χ1n) is 5.43. The van der Waals surface area contributed by atoms with Crippen LogP contribution in [-0.4, -0.2) is 0 Å². The zero-order chi connectivity index (χ0) is 10.8. The lowest BCUT2D eigenvalue weighted by atomic mass is 10.2. The van der Waals surface area contributed by atoms with Gasteiger partial charge in [-0.1, -0.05) is 37.0 Å². The molecule has 0 atom stereocenters. The summed E-state index contributed by atoms with van der Waals surface area (Å²) in [4.78, 5) is 0. The topological polar surface area (TPSA) is 0 Å². The third-order valence-electron chi connectivity index (χ3n) is 1.91. The molecule has 0 saturated carbocycles. The summed E-state index contributed by atoms with van der Waals surface area (Å²) in [5, 5.41) is 0. The van der Waals surface area contributed by atoms with E-state index in [1.165, 1.54) is 0 Å². The number of benzene rings is 1. The van der Waals surface area contributed by atoms with Gasteiger partial charge in [-0.2, -0.15) is 0 Å². The Morgan fingerprint density at radius 1 is 0.933 bits per heavy atom. The number of rotatable bonds is 2. The molecule has 0 nitrogen and oxygen atoms in total. The number of hydrogen-bond acceptors (Lipinski definition) is 0. The fourth-order valence-electron chi connectivity index (χ4n) is 1.16. The average Bonchev–Trinajstić information content (AvgIpc) is 2.29. The SMILES string of the molecule is CCC#CCCCC#Cc1ccccc1. The smallest absolute Gasteiger partial charge is 0.0245 e. The van der Waals surface area contributed by atoms with Crippen molar-refractivity contribution in [3.8, 4) is 23.7 Å². The van der Waals surface area contributed by atoms with Crippen LogP contribution in [-0.2, 0) is 0 Å². The van der Waals surface area contributed by atoms with Crippen molar-refractivity contribution in [2.75, 3.05) is 0 Å². The second-order valence-corrected chi connectivity index (χ2v) is 3.23. The maximum Gasteiger partial charge on any atom is 0.0245 e. The minimum absolute atomic E-state index is 0.938. The van der Waals surface area contributed by atoms with E-state index < -0.39 is 0 Å². The Balaban J connectivity index is 2.23. The molecule has 1 aromatic rings. The monoisotopic (exact) mass is 196 g/mol. The van der Waals surface area contributed by atoms with Gasteiger partial charge in [0.15, 0.2) is 0 Å². The quantitative estimate of drug-likeness (QED) is 0.500. The van der Waals surface area contributed by atoms with Crippen molar-refractivity contribution < 1.29 is 0 Å². The molecule has 0 fully saturated rings. The van der Waals surface area contributed by atoms with Gasteiger partial charge in [0, 0.05) is 24.8 Å². The fraction of sp³-hybridized carbons (Fsp3) is 0.333. The molecular formula is C15H16. The van der Waals surface area contributed by atoms with E-state index in [2.05, 4.69) is 30.6 Å². The minimum atomic E-state index is 0.938. The van der Waals surface area contributed by atoms with Crippen molar-refractivity contribution in [3.63, 3.8) is 0 Å². The molecule has 1 rings (SSSR count). The van der Waals surface area contributed by atoms with E-state index in [0.29, 0.717) is 0 Å². The molecule has 1 aromatic carbocycles. The lowest BCUT2D eigenvalue weighted by molar-refractivity contribution is 0.902. The van der Waals surface area contributed by atoms with E-state index in [4.69, 9.17) is 0 Å². The van der Waals surface area contributed by atoms with Gasteiger partial charge in [-0.15, -0.1) is 11.8 Å². The molecule has 76 valence electrons. The summed E-state index contributed by atoms with van der Waals surface area (Å²) in [6.45, 7) is 2.07. The zero-order valence-corrected chi connectivity index (χ0v) is 9.22. The van der Waals surface area contributed by atoms with E-state index >= 15 is 0 Å². The zero-order valence-electron chi connectivity index (χ0n) is 9.22. The molecule has 15 heavy (non-hydrogen) atoms. The summed E-state index contributed by atoms with van der Waals surface area (Å²) in [7, 11) is 0. The Hall–Kier alpha value is -1.66. The van der Waals surface area contributed by atoms with Gasteiger partial charge in [0.25, 0.3) is 0 Å². The highest BCUT2D eigenvalue weighted by Gasteiger charge is 1.82. The fourth-order valence-corrected chi connectivity index (χ4v) is 1.16.